The van der Waals surface area contributed by atoms with Gasteiger partial charge >= 0.3 is 17.9 Å². The van der Waals surface area contributed by atoms with Gasteiger partial charge in [-0.2, -0.15) is 0 Å². The fourth-order valence-electron chi connectivity index (χ4n) is 8.53. The predicted octanol–water partition coefficient (Wildman–Crippen LogP) is 20.5. The molecule has 0 heterocycles. The Labute approximate surface area is 440 Å². The van der Waals surface area contributed by atoms with Crippen LogP contribution >= 0.6 is 0 Å². The number of rotatable bonds is 55. The number of hydrogen-bond donors (Lipinski definition) is 0. The lowest BCUT2D eigenvalue weighted by Gasteiger charge is -2.18. The summed E-state index contributed by atoms with van der Waals surface area (Å²) in [6, 6.07) is 0. The molecule has 0 aromatic rings. The van der Waals surface area contributed by atoms with E-state index in [0.29, 0.717) is 19.3 Å². The topological polar surface area (TPSA) is 78.9 Å². The van der Waals surface area contributed by atoms with Gasteiger partial charge < -0.3 is 14.2 Å². The smallest absolute Gasteiger partial charge is 0.306 e. The van der Waals surface area contributed by atoms with E-state index in [1.165, 1.54) is 173 Å². The molecule has 0 radical (unpaired) electrons. The lowest BCUT2D eigenvalue weighted by atomic mass is 10.1. The van der Waals surface area contributed by atoms with Crippen LogP contribution < -0.4 is 0 Å². The Bertz CT molecular complexity index is 1320. The monoisotopic (exact) mass is 991 g/mol. The molecular formula is C65H114O6. The van der Waals surface area contributed by atoms with Crippen molar-refractivity contribution in [2.75, 3.05) is 13.2 Å². The highest BCUT2D eigenvalue weighted by Crippen LogP contribution is 2.15. The highest BCUT2D eigenvalue weighted by atomic mass is 16.6. The molecule has 0 aliphatic heterocycles. The van der Waals surface area contributed by atoms with Crippen molar-refractivity contribution in [2.24, 2.45) is 0 Å². The summed E-state index contributed by atoms with van der Waals surface area (Å²) in [5.74, 6) is -0.898. The fraction of sp³-hybridized carbons (Fsp3) is 0.769. The standard InChI is InChI=1S/C65H114O6/c1-4-7-10-13-16-19-22-25-28-31-32-35-37-40-43-46-49-52-55-58-64(67)70-61-62(71-65(68)59-56-53-50-47-44-41-38-34-30-27-24-21-18-15-12-9-6-3)60-69-63(66)57-54-51-48-45-42-39-36-33-29-26-23-20-17-14-11-8-5-2/h16,18-19,21,25-30,32,35,62H,4-15,17,20,22-24,31,33-34,36-61H2,1-3H3/b19-16-,21-18-,28-25-,29-26-,30-27-,35-32-. The lowest BCUT2D eigenvalue weighted by Crippen LogP contribution is -2.30. The van der Waals surface area contributed by atoms with Crippen LogP contribution in [0.15, 0.2) is 72.9 Å². The summed E-state index contributed by atoms with van der Waals surface area (Å²) in [5, 5.41) is 0. The molecule has 6 nitrogen and oxygen atoms in total. The third-order valence-corrected chi connectivity index (χ3v) is 13.2. The van der Waals surface area contributed by atoms with Gasteiger partial charge in [0.25, 0.3) is 0 Å². The van der Waals surface area contributed by atoms with E-state index in [0.717, 1.165) is 89.9 Å². The zero-order chi connectivity index (χ0) is 51.4. The van der Waals surface area contributed by atoms with Gasteiger partial charge in [0.2, 0.25) is 0 Å². The minimum atomic E-state index is -0.788. The Balaban J connectivity index is 4.42. The summed E-state index contributed by atoms with van der Waals surface area (Å²) in [6.45, 7) is 6.59. The van der Waals surface area contributed by atoms with Gasteiger partial charge in [-0.25, -0.2) is 0 Å². The molecule has 0 rings (SSSR count). The molecule has 0 fully saturated rings. The summed E-state index contributed by atoms with van der Waals surface area (Å²) in [7, 11) is 0. The molecule has 0 saturated carbocycles. The number of esters is 3. The second-order valence-corrected chi connectivity index (χ2v) is 20.2. The average Bonchev–Trinajstić information content (AvgIpc) is 3.37. The minimum Gasteiger partial charge on any atom is -0.462 e. The summed E-state index contributed by atoms with van der Waals surface area (Å²) >= 11 is 0. The van der Waals surface area contributed by atoms with Gasteiger partial charge in [0.05, 0.1) is 0 Å². The van der Waals surface area contributed by atoms with Crippen molar-refractivity contribution < 1.29 is 28.6 Å². The van der Waals surface area contributed by atoms with Gasteiger partial charge in [0, 0.05) is 19.3 Å². The van der Waals surface area contributed by atoms with E-state index in [1.54, 1.807) is 0 Å². The summed E-state index contributed by atoms with van der Waals surface area (Å²) in [4.78, 5) is 38.3. The fourth-order valence-corrected chi connectivity index (χ4v) is 8.53. The van der Waals surface area contributed by atoms with Gasteiger partial charge in [0.1, 0.15) is 13.2 Å². The molecule has 0 spiro atoms. The third-order valence-electron chi connectivity index (χ3n) is 13.2. The normalized spacial score (nSPS) is 12.5. The lowest BCUT2D eigenvalue weighted by molar-refractivity contribution is -0.167. The van der Waals surface area contributed by atoms with E-state index in [-0.39, 0.29) is 31.1 Å². The molecular weight excluding hydrogens is 877 g/mol. The Kier molecular flexibility index (Phi) is 56.8. The molecule has 0 N–H and O–H groups in total. The van der Waals surface area contributed by atoms with E-state index < -0.39 is 6.10 Å². The summed E-state index contributed by atoms with van der Waals surface area (Å²) in [6.07, 6.45) is 76.0. The molecule has 0 aliphatic rings. The Morgan fingerprint density at radius 1 is 0.282 bits per heavy atom. The van der Waals surface area contributed by atoms with Crippen molar-refractivity contribution >= 4 is 17.9 Å². The average molecular weight is 992 g/mol. The molecule has 410 valence electrons. The molecule has 1 unspecified atom stereocenters. The molecule has 0 aromatic carbocycles. The van der Waals surface area contributed by atoms with Crippen LogP contribution in [0, 0.1) is 0 Å². The van der Waals surface area contributed by atoms with Crippen LogP contribution in [0.3, 0.4) is 0 Å². The van der Waals surface area contributed by atoms with E-state index in [1.807, 2.05) is 0 Å². The predicted molar refractivity (Wildman–Crippen MR) is 307 cm³/mol. The Morgan fingerprint density at radius 3 is 0.831 bits per heavy atom. The van der Waals surface area contributed by atoms with Crippen LogP contribution in [-0.4, -0.2) is 37.2 Å². The molecule has 0 bridgehead atoms. The van der Waals surface area contributed by atoms with E-state index in [4.69, 9.17) is 14.2 Å². The Hall–Kier alpha value is -3.15. The van der Waals surface area contributed by atoms with E-state index in [2.05, 4.69) is 93.7 Å². The first kappa shape index (κ1) is 67.8. The molecule has 6 heteroatoms. The quantitative estimate of drug-likeness (QED) is 0.0261. The summed E-state index contributed by atoms with van der Waals surface area (Å²) in [5.41, 5.74) is 0. The van der Waals surface area contributed by atoms with Crippen molar-refractivity contribution in [3.8, 4) is 0 Å². The minimum absolute atomic E-state index is 0.0844. The highest BCUT2D eigenvalue weighted by Gasteiger charge is 2.19. The van der Waals surface area contributed by atoms with Gasteiger partial charge in [-0.1, -0.05) is 241 Å². The summed E-state index contributed by atoms with van der Waals surface area (Å²) < 4.78 is 16.9. The maximum atomic E-state index is 12.9. The van der Waals surface area contributed by atoms with Gasteiger partial charge in [0.15, 0.2) is 6.10 Å². The van der Waals surface area contributed by atoms with Gasteiger partial charge in [-0.05, 0) is 116 Å². The molecule has 0 amide bonds. The number of carbonyl (C=O) groups excluding carboxylic acids is 3. The van der Waals surface area contributed by atoms with Crippen LogP contribution in [0.1, 0.15) is 303 Å². The molecule has 0 saturated heterocycles. The van der Waals surface area contributed by atoms with Crippen LogP contribution in [-0.2, 0) is 28.6 Å². The maximum Gasteiger partial charge on any atom is 0.306 e. The third kappa shape index (κ3) is 57.6. The van der Waals surface area contributed by atoms with Crippen LogP contribution in [0.5, 0.6) is 0 Å². The second kappa shape index (κ2) is 59.4. The van der Waals surface area contributed by atoms with E-state index >= 15 is 0 Å². The number of hydrogen-bond acceptors (Lipinski definition) is 6. The molecule has 0 aliphatic carbocycles. The van der Waals surface area contributed by atoms with Crippen molar-refractivity contribution in [3.63, 3.8) is 0 Å². The maximum absolute atomic E-state index is 12.9. The number of ether oxygens (including phenoxy) is 3. The largest absolute Gasteiger partial charge is 0.462 e. The first-order chi connectivity index (χ1) is 35.0. The van der Waals surface area contributed by atoms with Crippen molar-refractivity contribution in [1.82, 2.24) is 0 Å². The van der Waals surface area contributed by atoms with Crippen molar-refractivity contribution in [3.05, 3.63) is 72.9 Å². The molecule has 0 aromatic heterocycles. The number of unbranched alkanes of at least 4 members (excludes halogenated alkanes) is 32. The SMILES string of the molecule is CCCCC/C=C\C/C=C\C/C=C\CCCCCCCCC(=O)OCC(COC(=O)CCCCCCCCC/C=C\CCCCCCCC)OC(=O)CCCCCCCCC/C=C\C/C=C\CCCCC. The van der Waals surface area contributed by atoms with Gasteiger partial charge in [-0.3, -0.25) is 14.4 Å². The van der Waals surface area contributed by atoms with E-state index in [9.17, 15) is 14.4 Å². The van der Waals surface area contributed by atoms with Crippen LogP contribution in [0.25, 0.3) is 0 Å². The van der Waals surface area contributed by atoms with Crippen molar-refractivity contribution in [1.29, 1.82) is 0 Å². The first-order valence-corrected chi connectivity index (χ1v) is 30.4. The zero-order valence-corrected chi connectivity index (χ0v) is 47.0. The number of allylic oxidation sites excluding steroid dienone is 12. The Morgan fingerprint density at radius 2 is 0.507 bits per heavy atom. The van der Waals surface area contributed by atoms with Crippen LogP contribution in [0.4, 0.5) is 0 Å². The highest BCUT2D eigenvalue weighted by molar-refractivity contribution is 5.71. The molecule has 71 heavy (non-hydrogen) atoms. The molecule has 1 atom stereocenters. The zero-order valence-electron chi connectivity index (χ0n) is 47.0. The van der Waals surface area contributed by atoms with Crippen LogP contribution in [0.2, 0.25) is 0 Å². The number of carbonyl (C=O) groups is 3. The first-order valence-electron chi connectivity index (χ1n) is 30.4. The second-order valence-electron chi connectivity index (χ2n) is 20.2. The van der Waals surface area contributed by atoms with Gasteiger partial charge in [-0.15, -0.1) is 0 Å². The van der Waals surface area contributed by atoms with Crippen molar-refractivity contribution in [2.45, 2.75) is 309 Å².